The van der Waals surface area contributed by atoms with E-state index in [1.807, 2.05) is 0 Å². The second-order valence-corrected chi connectivity index (χ2v) is 1.78. The van der Waals surface area contributed by atoms with Crippen LogP contribution < -0.4 is 0 Å². The van der Waals surface area contributed by atoms with Crippen molar-refractivity contribution in [3.05, 3.63) is 0 Å². The summed E-state index contributed by atoms with van der Waals surface area (Å²) in [4.78, 5) is 7.43. The quantitative estimate of drug-likeness (QED) is 0.374. The number of hydrogen-bond donors (Lipinski definition) is 2. The van der Waals surface area contributed by atoms with Crippen LogP contribution in [-0.4, -0.2) is 4.89 Å². The molecule has 1 unspecified atom stereocenters. The highest BCUT2D eigenvalue weighted by molar-refractivity contribution is 8.38. The largest absolute Gasteiger partial charge is 0.579 e. The van der Waals surface area contributed by atoms with Crippen LogP contribution in [0.2, 0.25) is 0 Å². The predicted molar refractivity (Wildman–Crippen MR) is 29.2 cm³/mol. The van der Waals surface area contributed by atoms with Crippen molar-refractivity contribution in [3.8, 4) is 0 Å². The molecule has 0 aromatic carbocycles. The van der Waals surface area contributed by atoms with Crippen LogP contribution in [0.15, 0.2) is 0 Å². The van der Waals surface area contributed by atoms with E-state index < -0.39 is 7.23 Å². The highest BCUT2D eigenvalue weighted by Crippen LogP contribution is 2.16. The predicted octanol–water partition coefficient (Wildman–Crippen LogP) is 0.679. The average molecular weight is 131 g/mol. The van der Waals surface area contributed by atoms with Crippen molar-refractivity contribution in [2.45, 2.75) is 0 Å². The van der Waals surface area contributed by atoms with Gasteiger partial charge in [0, 0.05) is 0 Å². The Morgan fingerprint density at radius 3 is 1.80 bits per heavy atom. The third kappa shape index (κ3) is 62.8. The van der Waals surface area contributed by atoms with Gasteiger partial charge < -0.3 is 0 Å². The highest BCUT2D eigenvalue weighted by Gasteiger charge is 1.90. The maximum absolute atomic E-state index is 9.01. The SMILES string of the molecule is O=[P+](O)S.S. The average Bonchev–Trinajstić information content (AvgIpc) is 0.811. The van der Waals surface area contributed by atoms with E-state index in [0.717, 1.165) is 0 Å². The van der Waals surface area contributed by atoms with Crippen LogP contribution in [0, 0.1) is 0 Å². The molecular weight excluding hydrogens is 127 g/mol. The van der Waals surface area contributed by atoms with Gasteiger partial charge in [0.25, 0.3) is 0 Å². The summed E-state index contributed by atoms with van der Waals surface area (Å²) in [6.45, 7) is 0. The zero-order chi connectivity index (χ0) is 3.58. The van der Waals surface area contributed by atoms with Gasteiger partial charge in [-0.3, -0.25) is 0 Å². The Kier molecular flexibility index (Phi) is 8.79. The molecule has 0 fully saturated rings. The maximum Gasteiger partial charge on any atom is 0.579 e. The normalized spacial score (nSPS) is 8.80. The summed E-state index contributed by atoms with van der Waals surface area (Å²) in [6, 6.07) is 0. The molecule has 0 spiro atoms. The van der Waals surface area contributed by atoms with Crippen LogP contribution in [0.5, 0.6) is 0 Å². The summed E-state index contributed by atoms with van der Waals surface area (Å²) in [7, 11) is -2.18. The molecular formula is H4O2PS2+. The lowest BCUT2D eigenvalue weighted by atomic mass is 15.9. The topological polar surface area (TPSA) is 37.3 Å². The summed E-state index contributed by atoms with van der Waals surface area (Å²) >= 11 is 3.03. The zero-order valence-electron chi connectivity index (χ0n) is 2.25. The fraction of sp³-hybridized carbons (Fsp3) is 0. The fourth-order valence-electron chi connectivity index (χ4n) is 0. The van der Waals surface area contributed by atoms with Gasteiger partial charge in [0.05, 0.1) is 0 Å². The molecule has 0 rings (SSSR count). The first-order valence-corrected chi connectivity index (χ1v) is 2.95. The van der Waals surface area contributed by atoms with Crippen LogP contribution in [-0.2, 0) is 4.57 Å². The Bertz CT molecular complexity index is 30.6. The molecule has 2 nitrogen and oxygen atoms in total. The first-order valence-electron chi connectivity index (χ1n) is 0.583. The fourth-order valence-corrected chi connectivity index (χ4v) is 0. The minimum Gasteiger partial charge on any atom is -0.197 e. The van der Waals surface area contributed by atoms with Gasteiger partial charge in [-0.2, -0.15) is 18.4 Å². The minimum absolute atomic E-state index is 0. The highest BCUT2D eigenvalue weighted by atomic mass is 32.7. The summed E-state index contributed by atoms with van der Waals surface area (Å²) in [6.07, 6.45) is 0. The molecule has 0 bridgehead atoms. The third-order valence-electron chi connectivity index (χ3n) is 0. The molecule has 0 aromatic heterocycles. The van der Waals surface area contributed by atoms with Crippen molar-refractivity contribution in [3.63, 3.8) is 0 Å². The molecule has 0 aliphatic heterocycles. The van der Waals surface area contributed by atoms with Crippen molar-refractivity contribution in [1.82, 2.24) is 0 Å². The Morgan fingerprint density at radius 1 is 1.80 bits per heavy atom. The van der Waals surface area contributed by atoms with E-state index in [1.54, 1.807) is 0 Å². The molecule has 1 atom stereocenters. The summed E-state index contributed by atoms with van der Waals surface area (Å²) < 4.78 is 9.01. The van der Waals surface area contributed by atoms with Crippen molar-refractivity contribution < 1.29 is 9.46 Å². The van der Waals surface area contributed by atoms with E-state index in [0.29, 0.717) is 0 Å². The van der Waals surface area contributed by atoms with Gasteiger partial charge in [-0.05, 0) is 4.57 Å². The molecule has 1 N–H and O–H groups in total. The lowest BCUT2D eigenvalue weighted by molar-refractivity contribution is 0.520. The van der Waals surface area contributed by atoms with E-state index in [1.165, 1.54) is 0 Å². The van der Waals surface area contributed by atoms with Crippen LogP contribution in [0.4, 0.5) is 0 Å². The van der Waals surface area contributed by atoms with Gasteiger partial charge in [0.15, 0.2) is 0 Å². The van der Waals surface area contributed by atoms with Gasteiger partial charge in [-0.25, -0.2) is 0 Å². The number of rotatable bonds is 0. The number of hydrogen-bond acceptors (Lipinski definition) is 1. The van der Waals surface area contributed by atoms with Crippen LogP contribution >= 0.6 is 33.0 Å². The van der Waals surface area contributed by atoms with Crippen LogP contribution in [0.3, 0.4) is 0 Å². The molecule has 0 amide bonds. The van der Waals surface area contributed by atoms with E-state index in [9.17, 15) is 0 Å². The molecule has 32 valence electrons. The lowest BCUT2D eigenvalue weighted by Gasteiger charge is -1.33. The minimum atomic E-state index is -2.18. The first-order chi connectivity index (χ1) is 1.73. The lowest BCUT2D eigenvalue weighted by Crippen LogP contribution is -1.21. The smallest absolute Gasteiger partial charge is 0.197 e. The molecule has 5 heteroatoms. The Morgan fingerprint density at radius 2 is 1.80 bits per heavy atom. The van der Waals surface area contributed by atoms with E-state index in [2.05, 4.69) is 12.2 Å². The Hall–Kier alpha value is 0.760. The summed E-state index contributed by atoms with van der Waals surface area (Å²) in [5.74, 6) is 0. The summed E-state index contributed by atoms with van der Waals surface area (Å²) in [5, 5.41) is 0. The number of thiol groups is 1. The first kappa shape index (κ1) is 9.23. The van der Waals surface area contributed by atoms with E-state index in [-0.39, 0.29) is 13.5 Å². The Labute approximate surface area is 43.1 Å². The van der Waals surface area contributed by atoms with Gasteiger partial charge in [0.1, 0.15) is 12.2 Å². The molecule has 0 aliphatic carbocycles. The monoisotopic (exact) mass is 131 g/mol. The molecule has 0 aliphatic rings. The standard InChI is InChI=1S/HO2PS.H2S/c1-3(2)4;/h(H-,1,2,4);1H2/p+1. The van der Waals surface area contributed by atoms with Gasteiger partial charge >= 0.3 is 7.23 Å². The van der Waals surface area contributed by atoms with Gasteiger partial charge in [-0.15, -0.1) is 0 Å². The van der Waals surface area contributed by atoms with Crippen molar-refractivity contribution in [2.24, 2.45) is 0 Å². The molecule has 0 heterocycles. The van der Waals surface area contributed by atoms with Crippen molar-refractivity contribution in [1.29, 1.82) is 0 Å². The second-order valence-electron chi connectivity index (χ2n) is 0.253. The summed E-state index contributed by atoms with van der Waals surface area (Å²) in [5.41, 5.74) is 0. The van der Waals surface area contributed by atoms with Gasteiger partial charge in [-0.1, -0.05) is 0 Å². The van der Waals surface area contributed by atoms with E-state index in [4.69, 9.17) is 9.46 Å². The van der Waals surface area contributed by atoms with E-state index >= 15 is 0 Å². The molecule has 0 saturated carbocycles. The maximum atomic E-state index is 9.01. The molecule has 5 heavy (non-hydrogen) atoms. The molecule has 0 radical (unpaired) electrons. The van der Waals surface area contributed by atoms with Gasteiger partial charge in [0.2, 0.25) is 0 Å². The molecule has 0 aromatic rings. The van der Waals surface area contributed by atoms with Crippen LogP contribution in [0.25, 0.3) is 0 Å². The zero-order valence-corrected chi connectivity index (χ0v) is 5.04. The van der Waals surface area contributed by atoms with Crippen molar-refractivity contribution in [2.75, 3.05) is 0 Å². The van der Waals surface area contributed by atoms with Crippen LogP contribution in [0.1, 0.15) is 0 Å². The third-order valence-corrected chi connectivity index (χ3v) is 0. The Balaban J connectivity index is 0. The second kappa shape index (κ2) is 4.76. The molecule has 0 saturated heterocycles. The van der Waals surface area contributed by atoms with Crippen molar-refractivity contribution >= 4 is 33.0 Å².